The predicted octanol–water partition coefficient (Wildman–Crippen LogP) is 3.91. The Bertz CT molecular complexity index is 300. The lowest BCUT2D eigenvalue weighted by Crippen LogP contribution is -2.53. The Labute approximate surface area is 126 Å². The third kappa shape index (κ3) is 3.57. The van der Waals surface area contributed by atoms with Crippen LogP contribution in [0.25, 0.3) is 0 Å². The Morgan fingerprint density at radius 1 is 1.10 bits per heavy atom. The quantitative estimate of drug-likeness (QED) is 0.840. The summed E-state index contributed by atoms with van der Waals surface area (Å²) in [7, 11) is 4.54. The van der Waals surface area contributed by atoms with Gasteiger partial charge in [-0.3, -0.25) is 0 Å². The van der Waals surface area contributed by atoms with Crippen molar-refractivity contribution in [2.75, 3.05) is 20.6 Å². The van der Waals surface area contributed by atoms with Gasteiger partial charge in [-0.2, -0.15) is 0 Å². The molecule has 2 rings (SSSR count). The number of nitrogens with one attached hydrogen (secondary N) is 1. The van der Waals surface area contributed by atoms with Gasteiger partial charge in [-0.15, -0.1) is 0 Å². The lowest BCUT2D eigenvalue weighted by molar-refractivity contribution is 0.0589. The largest absolute Gasteiger partial charge is 0.316 e. The highest BCUT2D eigenvalue weighted by Crippen LogP contribution is 2.39. The van der Waals surface area contributed by atoms with Crippen molar-refractivity contribution in [3.63, 3.8) is 0 Å². The van der Waals surface area contributed by atoms with E-state index in [1.165, 1.54) is 51.5 Å². The van der Waals surface area contributed by atoms with E-state index in [-0.39, 0.29) is 0 Å². The summed E-state index contributed by atoms with van der Waals surface area (Å²) in [5, 5.41) is 3.64. The standard InChI is InChI=1S/C18H36N2/c1-14-9-6-7-11-16(14)20(5)13-15-10-8-12-18(2,3)17(15)19-4/h14-17,19H,6-13H2,1-5H3. The summed E-state index contributed by atoms with van der Waals surface area (Å²) in [5.74, 6) is 1.71. The average Bonchev–Trinajstić information content (AvgIpc) is 2.38. The van der Waals surface area contributed by atoms with E-state index in [0.29, 0.717) is 11.5 Å². The highest BCUT2D eigenvalue weighted by molar-refractivity contribution is 4.94. The summed E-state index contributed by atoms with van der Waals surface area (Å²) in [4.78, 5) is 2.69. The van der Waals surface area contributed by atoms with E-state index < -0.39 is 0 Å². The van der Waals surface area contributed by atoms with Crippen molar-refractivity contribution in [3.8, 4) is 0 Å². The van der Waals surface area contributed by atoms with Crippen molar-refractivity contribution in [1.82, 2.24) is 10.2 Å². The molecule has 1 N–H and O–H groups in total. The summed E-state index contributed by atoms with van der Waals surface area (Å²) in [6.45, 7) is 8.64. The molecule has 0 aliphatic heterocycles. The minimum Gasteiger partial charge on any atom is -0.316 e. The van der Waals surface area contributed by atoms with Gasteiger partial charge < -0.3 is 10.2 Å². The molecule has 2 aliphatic rings. The third-order valence-electron chi connectivity index (χ3n) is 6.18. The van der Waals surface area contributed by atoms with Crippen molar-refractivity contribution in [1.29, 1.82) is 0 Å². The Morgan fingerprint density at radius 3 is 2.45 bits per heavy atom. The topological polar surface area (TPSA) is 15.3 Å². The highest BCUT2D eigenvalue weighted by atomic mass is 15.1. The molecule has 0 aromatic rings. The molecular formula is C18H36N2. The molecule has 4 atom stereocenters. The zero-order valence-electron chi connectivity index (χ0n) is 14.4. The molecule has 2 nitrogen and oxygen atoms in total. The normalized spacial score (nSPS) is 38.1. The second-order valence-electron chi connectivity index (χ2n) is 8.18. The molecule has 0 aromatic carbocycles. The van der Waals surface area contributed by atoms with E-state index in [2.05, 4.69) is 45.1 Å². The smallest absolute Gasteiger partial charge is 0.0156 e. The van der Waals surface area contributed by atoms with Crippen molar-refractivity contribution in [3.05, 3.63) is 0 Å². The third-order valence-corrected chi connectivity index (χ3v) is 6.18. The second kappa shape index (κ2) is 6.79. The van der Waals surface area contributed by atoms with Crippen molar-refractivity contribution in [2.45, 2.75) is 77.8 Å². The van der Waals surface area contributed by atoms with E-state index >= 15 is 0 Å². The first-order valence-corrected chi connectivity index (χ1v) is 8.83. The van der Waals surface area contributed by atoms with Crippen molar-refractivity contribution >= 4 is 0 Å². The molecule has 2 heteroatoms. The second-order valence-corrected chi connectivity index (χ2v) is 8.18. The molecular weight excluding hydrogens is 244 g/mol. The van der Waals surface area contributed by atoms with Crippen molar-refractivity contribution < 1.29 is 0 Å². The van der Waals surface area contributed by atoms with E-state index in [0.717, 1.165) is 17.9 Å². The average molecular weight is 280 g/mol. The molecule has 0 heterocycles. The summed E-state index contributed by atoms with van der Waals surface area (Å²) in [6.07, 6.45) is 9.91. The van der Waals surface area contributed by atoms with E-state index in [1.54, 1.807) is 0 Å². The summed E-state index contributed by atoms with van der Waals surface area (Å²) in [5.41, 5.74) is 0.455. The maximum atomic E-state index is 3.64. The van der Waals surface area contributed by atoms with Gasteiger partial charge in [0.15, 0.2) is 0 Å². The van der Waals surface area contributed by atoms with Crippen LogP contribution in [-0.4, -0.2) is 37.6 Å². The molecule has 2 saturated carbocycles. The molecule has 0 aromatic heterocycles. The van der Waals surface area contributed by atoms with Crippen LogP contribution in [-0.2, 0) is 0 Å². The van der Waals surface area contributed by atoms with E-state index in [9.17, 15) is 0 Å². The van der Waals surface area contributed by atoms with Gasteiger partial charge >= 0.3 is 0 Å². The van der Waals surface area contributed by atoms with Crippen LogP contribution in [0.1, 0.15) is 65.7 Å². The number of hydrogen-bond acceptors (Lipinski definition) is 2. The summed E-state index contributed by atoms with van der Waals surface area (Å²) in [6, 6.07) is 1.50. The Morgan fingerprint density at radius 2 is 1.80 bits per heavy atom. The van der Waals surface area contributed by atoms with Crippen LogP contribution < -0.4 is 5.32 Å². The molecule has 2 fully saturated rings. The fraction of sp³-hybridized carbons (Fsp3) is 1.00. The predicted molar refractivity (Wildman–Crippen MR) is 88.0 cm³/mol. The summed E-state index contributed by atoms with van der Waals surface area (Å²) < 4.78 is 0. The van der Waals surface area contributed by atoms with Crippen LogP contribution in [0.15, 0.2) is 0 Å². The van der Waals surface area contributed by atoms with Crippen LogP contribution in [0.4, 0.5) is 0 Å². The fourth-order valence-electron chi connectivity index (χ4n) is 5.06. The van der Waals surface area contributed by atoms with E-state index in [4.69, 9.17) is 0 Å². The van der Waals surface area contributed by atoms with Crippen LogP contribution in [0.2, 0.25) is 0 Å². The molecule has 4 unspecified atom stereocenters. The Hall–Kier alpha value is -0.0800. The fourth-order valence-corrected chi connectivity index (χ4v) is 5.06. The molecule has 0 amide bonds. The van der Waals surface area contributed by atoms with Crippen LogP contribution in [0.5, 0.6) is 0 Å². The van der Waals surface area contributed by atoms with Gasteiger partial charge in [-0.1, -0.05) is 40.0 Å². The maximum Gasteiger partial charge on any atom is 0.0156 e. The highest BCUT2D eigenvalue weighted by Gasteiger charge is 2.39. The van der Waals surface area contributed by atoms with Gasteiger partial charge in [0, 0.05) is 18.6 Å². The molecule has 0 spiro atoms. The first kappa shape index (κ1) is 16.3. The van der Waals surface area contributed by atoms with Gasteiger partial charge in [0.1, 0.15) is 0 Å². The Kier molecular flexibility index (Phi) is 5.53. The minimum atomic E-state index is 0.455. The van der Waals surface area contributed by atoms with Crippen molar-refractivity contribution in [2.24, 2.45) is 17.3 Å². The lowest BCUT2D eigenvalue weighted by atomic mass is 9.67. The SMILES string of the molecule is CNC1C(CN(C)C2CCCCC2C)CCCC1(C)C. The molecule has 0 saturated heterocycles. The summed E-state index contributed by atoms with van der Waals surface area (Å²) >= 11 is 0. The Balaban J connectivity index is 1.96. The van der Waals surface area contributed by atoms with Gasteiger partial charge in [-0.05, 0) is 57.0 Å². The molecule has 2 aliphatic carbocycles. The first-order chi connectivity index (χ1) is 9.45. The molecule has 118 valence electrons. The van der Waals surface area contributed by atoms with Crippen LogP contribution in [0.3, 0.4) is 0 Å². The first-order valence-electron chi connectivity index (χ1n) is 8.83. The molecule has 0 bridgehead atoms. The zero-order chi connectivity index (χ0) is 14.8. The van der Waals surface area contributed by atoms with Crippen LogP contribution >= 0.6 is 0 Å². The maximum absolute atomic E-state index is 3.64. The van der Waals surface area contributed by atoms with Gasteiger partial charge in [0.25, 0.3) is 0 Å². The van der Waals surface area contributed by atoms with Crippen LogP contribution in [0, 0.1) is 17.3 Å². The zero-order valence-corrected chi connectivity index (χ0v) is 14.4. The van der Waals surface area contributed by atoms with Gasteiger partial charge in [0.05, 0.1) is 0 Å². The minimum absolute atomic E-state index is 0.455. The van der Waals surface area contributed by atoms with Gasteiger partial charge in [0.2, 0.25) is 0 Å². The molecule has 20 heavy (non-hydrogen) atoms. The molecule has 0 radical (unpaired) electrons. The lowest BCUT2D eigenvalue weighted by Gasteiger charge is -2.47. The number of hydrogen-bond donors (Lipinski definition) is 1. The van der Waals surface area contributed by atoms with Gasteiger partial charge in [-0.25, -0.2) is 0 Å². The number of rotatable bonds is 4. The van der Waals surface area contributed by atoms with E-state index in [1.807, 2.05) is 0 Å². The number of nitrogens with zero attached hydrogens (tertiary/aromatic N) is 1. The monoisotopic (exact) mass is 280 g/mol.